The topological polar surface area (TPSA) is 80.4 Å². The van der Waals surface area contributed by atoms with Gasteiger partial charge in [-0.1, -0.05) is 6.08 Å². The normalized spacial score (nSPS) is 21.6. The molecule has 4 nitrogen and oxygen atoms in total. The molecule has 0 aromatic heterocycles. The second-order valence-corrected chi connectivity index (χ2v) is 6.76. The molecular weight excluding hydrogens is 459 g/mol. The van der Waals surface area contributed by atoms with E-state index in [4.69, 9.17) is 10.3 Å². The average molecular weight is 477 g/mol. The molecule has 0 amide bonds. The van der Waals surface area contributed by atoms with Crippen molar-refractivity contribution in [2.45, 2.75) is 61.3 Å². The zero-order valence-electron chi connectivity index (χ0n) is 14.2. The highest BCUT2D eigenvalue weighted by atomic mass is 32.2. The summed E-state index contributed by atoms with van der Waals surface area (Å²) in [4.78, 5) is 0. The van der Waals surface area contributed by atoms with Crippen LogP contribution in [-0.2, 0) is 10.1 Å². The highest BCUT2D eigenvalue weighted by Gasteiger charge is 2.51. The summed E-state index contributed by atoms with van der Waals surface area (Å²) in [7, 11) is -5.91. The molecule has 0 aliphatic heterocycles. The minimum atomic E-state index is -5.91. The molecule has 3 N–H and O–H groups in total. The summed E-state index contributed by atoms with van der Waals surface area (Å²) in [6.07, 6.45) is -35.1. The van der Waals surface area contributed by atoms with Crippen LogP contribution in [0.5, 0.6) is 0 Å². The molecule has 176 valence electrons. The first-order chi connectivity index (χ1) is 13.1. The molecule has 9 unspecified atom stereocenters. The molecule has 0 aromatic carbocycles. The van der Waals surface area contributed by atoms with Gasteiger partial charge in [0.1, 0.15) is 0 Å². The van der Waals surface area contributed by atoms with Gasteiger partial charge in [0.05, 0.1) is 0 Å². The lowest BCUT2D eigenvalue weighted by atomic mass is 9.98. The maximum atomic E-state index is 13.2. The van der Waals surface area contributed by atoms with Crippen molar-refractivity contribution in [2.24, 2.45) is 5.73 Å². The van der Waals surface area contributed by atoms with Crippen molar-refractivity contribution in [3.8, 4) is 0 Å². The summed E-state index contributed by atoms with van der Waals surface area (Å²) in [6.45, 7) is 3.94. The average Bonchev–Trinajstić information content (AvgIpc) is 2.67. The molecule has 0 aromatic rings. The largest absolute Gasteiger partial charge is 0.327 e. The van der Waals surface area contributed by atoms with Crippen LogP contribution in [0, 0.1) is 0 Å². The van der Waals surface area contributed by atoms with E-state index in [0.29, 0.717) is 6.54 Å². The number of rotatable bonds is 11. The van der Waals surface area contributed by atoms with E-state index in [1.54, 1.807) is 6.08 Å². The summed E-state index contributed by atoms with van der Waals surface area (Å²) < 4.78 is 169. The molecule has 0 aliphatic rings. The van der Waals surface area contributed by atoms with Gasteiger partial charge in [-0.25, -0.2) is 48.3 Å². The van der Waals surface area contributed by atoms with Gasteiger partial charge in [-0.15, -0.1) is 6.58 Å². The van der Waals surface area contributed by atoms with Crippen molar-refractivity contribution in [1.82, 2.24) is 0 Å². The van der Waals surface area contributed by atoms with Crippen LogP contribution in [0.15, 0.2) is 12.7 Å². The second-order valence-electron chi connectivity index (χ2n) is 5.28. The summed E-state index contributed by atoms with van der Waals surface area (Å²) in [5.41, 5.74) is 0.794. The highest BCUT2D eigenvalue weighted by molar-refractivity contribution is 7.86. The van der Waals surface area contributed by atoms with E-state index in [-0.39, 0.29) is 0 Å². The molecule has 0 radical (unpaired) electrons. The second kappa shape index (κ2) is 13.2. The van der Waals surface area contributed by atoms with E-state index in [0.717, 1.165) is 0 Å². The van der Waals surface area contributed by atoms with Crippen molar-refractivity contribution >= 4 is 10.1 Å². The van der Waals surface area contributed by atoms with E-state index in [9.17, 15) is 56.7 Å². The van der Waals surface area contributed by atoms with Crippen LogP contribution in [-0.4, -0.2) is 80.8 Å². The molecule has 0 heterocycles. The van der Waals surface area contributed by atoms with Crippen LogP contribution in [0.3, 0.4) is 0 Å². The van der Waals surface area contributed by atoms with Gasteiger partial charge >= 0.3 is 10.1 Å². The fourth-order valence-corrected chi connectivity index (χ4v) is 1.98. The Morgan fingerprint density at radius 1 is 0.690 bits per heavy atom. The number of alkyl halides is 11. The van der Waals surface area contributed by atoms with Crippen LogP contribution in [0.2, 0.25) is 0 Å². The molecule has 0 fully saturated rings. The van der Waals surface area contributed by atoms with E-state index >= 15 is 0 Å². The van der Waals surface area contributed by atoms with Gasteiger partial charge in [0.25, 0.3) is 11.9 Å². The molecule has 0 saturated carbocycles. The third kappa shape index (κ3) is 9.46. The predicted molar refractivity (Wildman–Crippen MR) is 80.9 cm³/mol. The lowest BCUT2D eigenvalue weighted by molar-refractivity contribution is -0.0715. The van der Waals surface area contributed by atoms with Gasteiger partial charge in [0, 0.05) is 6.54 Å². The Hall–Kier alpha value is -1.16. The summed E-state index contributed by atoms with van der Waals surface area (Å²) >= 11 is 0. The van der Waals surface area contributed by atoms with Crippen molar-refractivity contribution < 1.29 is 61.3 Å². The summed E-state index contributed by atoms with van der Waals surface area (Å²) in [5, 5.41) is 0. The molecule has 9 atom stereocenters. The lowest BCUT2D eigenvalue weighted by Gasteiger charge is -2.26. The van der Waals surface area contributed by atoms with E-state index in [1.165, 1.54) is 0 Å². The number of hydrogen-bond donors (Lipinski definition) is 2. The summed E-state index contributed by atoms with van der Waals surface area (Å²) in [5.74, 6) is 0. The third-order valence-corrected chi connectivity index (χ3v) is 3.90. The lowest BCUT2D eigenvalue weighted by Crippen LogP contribution is -2.49. The van der Waals surface area contributed by atoms with Crippen LogP contribution in [0.4, 0.5) is 48.3 Å². The monoisotopic (exact) mass is 477 g/mol. The Labute approximate surface area is 158 Å². The SMILES string of the molecule is C=CCN.O=S(=O)(O)C(F)C(F)C(F)C(F)C(F)C(F)C(F)C(F)C(F)C(F)F. The zero-order chi connectivity index (χ0) is 23.7. The Morgan fingerprint density at radius 3 is 1.14 bits per heavy atom. The first kappa shape index (κ1) is 30.0. The van der Waals surface area contributed by atoms with Crippen molar-refractivity contribution in [2.75, 3.05) is 6.54 Å². The Bertz CT molecular complexity index is 570. The van der Waals surface area contributed by atoms with Crippen LogP contribution in [0.25, 0.3) is 0 Å². The maximum absolute atomic E-state index is 13.2. The quantitative estimate of drug-likeness (QED) is 0.272. The predicted octanol–water partition coefficient (Wildman–Crippen LogP) is 3.27. The molecular formula is C13H18F11NO3S. The highest BCUT2D eigenvalue weighted by Crippen LogP contribution is 2.30. The Morgan fingerprint density at radius 2 is 0.931 bits per heavy atom. The van der Waals surface area contributed by atoms with Gasteiger partial charge in [-0.3, -0.25) is 4.55 Å². The van der Waals surface area contributed by atoms with Gasteiger partial charge in [-0.05, 0) is 0 Å². The smallest absolute Gasteiger partial charge is 0.300 e. The summed E-state index contributed by atoms with van der Waals surface area (Å²) in [6, 6.07) is 0. The molecule has 29 heavy (non-hydrogen) atoms. The molecule has 0 rings (SSSR count). The molecule has 0 spiro atoms. The van der Waals surface area contributed by atoms with Crippen molar-refractivity contribution in [1.29, 1.82) is 0 Å². The molecule has 0 bridgehead atoms. The minimum Gasteiger partial charge on any atom is -0.327 e. The Balaban J connectivity index is 0. The van der Waals surface area contributed by atoms with E-state index < -0.39 is 71.4 Å². The standard InChI is InChI=1S/C10H11F11O3S.C3H7N/c11-1(3(13)5(15)7(17)9(19)20)2(12)4(14)6(16)8(18)10(21)25(22,23)24;1-2-3-4/h1-10H,(H,22,23,24);2H,1,3-4H2. The van der Waals surface area contributed by atoms with Crippen LogP contribution >= 0.6 is 0 Å². The molecule has 0 saturated heterocycles. The Kier molecular flexibility index (Phi) is 13.7. The maximum Gasteiger partial charge on any atom is 0.300 e. The van der Waals surface area contributed by atoms with Crippen molar-refractivity contribution in [3.05, 3.63) is 12.7 Å². The number of hydrogen-bond acceptors (Lipinski definition) is 3. The first-order valence-electron chi connectivity index (χ1n) is 7.38. The van der Waals surface area contributed by atoms with Gasteiger partial charge in [0.15, 0.2) is 49.4 Å². The molecule has 16 heteroatoms. The zero-order valence-corrected chi connectivity index (χ0v) is 15.0. The van der Waals surface area contributed by atoms with Crippen LogP contribution < -0.4 is 5.73 Å². The number of nitrogens with two attached hydrogens (primary N) is 1. The first-order valence-corrected chi connectivity index (χ1v) is 8.88. The van der Waals surface area contributed by atoms with E-state index in [1.807, 2.05) is 0 Å². The third-order valence-electron chi connectivity index (χ3n) is 3.07. The fourth-order valence-electron chi connectivity index (χ4n) is 1.50. The fraction of sp³-hybridized carbons (Fsp3) is 0.846. The van der Waals surface area contributed by atoms with Gasteiger partial charge < -0.3 is 5.73 Å². The minimum absolute atomic E-state index is 0.583. The van der Waals surface area contributed by atoms with Crippen LogP contribution in [0.1, 0.15) is 0 Å². The van der Waals surface area contributed by atoms with Gasteiger partial charge in [0.2, 0.25) is 0 Å². The van der Waals surface area contributed by atoms with Gasteiger partial charge in [-0.2, -0.15) is 8.42 Å². The van der Waals surface area contributed by atoms with E-state index in [2.05, 4.69) is 6.58 Å². The van der Waals surface area contributed by atoms with Crippen molar-refractivity contribution in [3.63, 3.8) is 0 Å². The number of halogens is 11. The molecule has 0 aliphatic carbocycles.